The van der Waals surface area contributed by atoms with E-state index in [0.29, 0.717) is 6.54 Å². The molecule has 0 atom stereocenters. The van der Waals surface area contributed by atoms with Crippen LogP contribution in [-0.2, 0) is 12.5 Å². The molecule has 0 spiro atoms. The van der Waals surface area contributed by atoms with Crippen LogP contribution in [0.2, 0.25) is 0 Å². The minimum atomic E-state index is -0.171. The van der Waals surface area contributed by atoms with Crippen LogP contribution in [0, 0.1) is 0 Å². The molecule has 3 nitrogen and oxygen atoms in total. The summed E-state index contributed by atoms with van der Waals surface area (Å²) in [5.41, 5.74) is 2.36. The van der Waals surface area contributed by atoms with Gasteiger partial charge in [0, 0.05) is 52.0 Å². The highest BCUT2D eigenvalue weighted by Gasteiger charge is 2.25. The topological polar surface area (TPSA) is 34.0 Å². The summed E-state index contributed by atoms with van der Waals surface area (Å²) in [5.74, 6) is 0. The summed E-state index contributed by atoms with van der Waals surface area (Å²) in [6.07, 6.45) is 2.14. The van der Waals surface area contributed by atoms with E-state index in [1.54, 1.807) is 0 Å². The van der Waals surface area contributed by atoms with Gasteiger partial charge in [-0.15, -0.1) is 0 Å². The molecule has 0 saturated heterocycles. The minimum absolute atomic E-state index is 0.107. The number of benzene rings is 1. The molecule has 1 heterocycles. The second-order valence-corrected chi connectivity index (χ2v) is 5.90. The third-order valence-corrected chi connectivity index (χ3v) is 3.58. The van der Waals surface area contributed by atoms with E-state index in [9.17, 15) is 4.79 Å². The molecule has 0 radical (unpaired) electrons. The number of nitrogens with zero attached hydrogens (tertiary/aromatic N) is 1. The number of aromatic nitrogens is 1. The molecule has 0 aliphatic heterocycles. The zero-order chi connectivity index (χ0) is 13.3. The van der Waals surface area contributed by atoms with Crippen molar-refractivity contribution in [2.75, 3.05) is 6.54 Å². The zero-order valence-electron chi connectivity index (χ0n) is 10.8. The van der Waals surface area contributed by atoms with E-state index in [2.05, 4.69) is 58.0 Å². The van der Waals surface area contributed by atoms with E-state index in [1.165, 1.54) is 16.5 Å². The number of hydrogen-bond acceptors (Lipinski definition) is 1. The molecule has 1 amide bonds. The van der Waals surface area contributed by atoms with Gasteiger partial charge in [-0.3, -0.25) is 4.79 Å². The van der Waals surface area contributed by atoms with Gasteiger partial charge in [-0.25, -0.2) is 0 Å². The van der Waals surface area contributed by atoms with Crippen molar-refractivity contribution in [2.45, 2.75) is 19.3 Å². The molecule has 18 heavy (non-hydrogen) atoms. The highest BCUT2D eigenvalue weighted by molar-refractivity contribution is 9.18. The van der Waals surface area contributed by atoms with Crippen molar-refractivity contribution in [2.24, 2.45) is 7.05 Å². The Morgan fingerprint density at radius 1 is 1.39 bits per heavy atom. The molecule has 1 aromatic heterocycles. The maximum absolute atomic E-state index is 11.0. The molecule has 0 unspecified atom stereocenters. The molecule has 0 aliphatic rings. The lowest BCUT2D eigenvalue weighted by Crippen LogP contribution is -2.33. The van der Waals surface area contributed by atoms with Gasteiger partial charge >= 0.3 is 0 Å². The van der Waals surface area contributed by atoms with E-state index >= 15 is 0 Å². The average molecular weight is 309 g/mol. The quantitative estimate of drug-likeness (QED) is 0.683. The first kappa shape index (κ1) is 13.1. The molecule has 0 bridgehead atoms. The van der Waals surface area contributed by atoms with Crippen LogP contribution < -0.4 is 5.32 Å². The molecule has 0 fully saturated rings. The van der Waals surface area contributed by atoms with Gasteiger partial charge in [0.1, 0.15) is 0 Å². The highest BCUT2D eigenvalue weighted by atomic mass is 79.9. The van der Waals surface area contributed by atoms with Gasteiger partial charge < -0.3 is 9.88 Å². The number of carbonyl (C=O) groups excluding carboxylic acids is 1. The summed E-state index contributed by atoms with van der Waals surface area (Å²) in [7, 11) is 2.05. The Morgan fingerprint density at radius 2 is 2.06 bits per heavy atom. The van der Waals surface area contributed by atoms with Crippen LogP contribution in [0.15, 0.2) is 30.5 Å². The second-order valence-electron chi connectivity index (χ2n) is 5.18. The first-order chi connectivity index (χ1) is 8.42. The summed E-state index contributed by atoms with van der Waals surface area (Å²) in [5, 5.41) is 4.07. The second kappa shape index (κ2) is 4.76. The number of nitrogens with one attached hydrogen (secondary N) is 1. The van der Waals surface area contributed by atoms with Crippen molar-refractivity contribution in [1.82, 2.24) is 9.88 Å². The largest absolute Gasteiger partial charge is 0.350 e. The smallest absolute Gasteiger partial charge is 0.287 e. The third-order valence-electron chi connectivity index (χ3n) is 3.30. The number of carbonyl (C=O) groups is 1. The fourth-order valence-electron chi connectivity index (χ4n) is 2.27. The summed E-state index contributed by atoms with van der Waals surface area (Å²) in [6.45, 7) is 4.88. The Labute approximate surface area is 115 Å². The van der Waals surface area contributed by atoms with Gasteiger partial charge in [-0.2, -0.15) is 0 Å². The lowest BCUT2D eigenvalue weighted by molar-refractivity contribution is 0.259. The van der Waals surface area contributed by atoms with E-state index in [-0.39, 0.29) is 10.2 Å². The predicted octanol–water partition coefficient (Wildman–Crippen LogP) is 3.56. The molecule has 4 heteroatoms. The number of amides is 1. The van der Waals surface area contributed by atoms with E-state index in [0.717, 1.165) is 0 Å². The molecule has 2 aromatic rings. The molecule has 2 rings (SSSR count). The van der Waals surface area contributed by atoms with Gasteiger partial charge in [0.25, 0.3) is 4.82 Å². The fourth-order valence-corrected chi connectivity index (χ4v) is 2.41. The number of halogens is 1. The molecule has 0 aliphatic carbocycles. The van der Waals surface area contributed by atoms with Crippen LogP contribution in [0.4, 0.5) is 4.79 Å². The molecular formula is C14H17BrN2O. The lowest BCUT2D eigenvalue weighted by Gasteiger charge is -2.24. The first-order valence-corrected chi connectivity index (χ1v) is 6.69. The minimum Gasteiger partial charge on any atom is -0.350 e. The molecule has 1 aromatic carbocycles. The van der Waals surface area contributed by atoms with Crippen molar-refractivity contribution < 1.29 is 4.79 Å². The van der Waals surface area contributed by atoms with Crippen LogP contribution >= 0.6 is 15.9 Å². The van der Waals surface area contributed by atoms with Crippen molar-refractivity contribution in [1.29, 1.82) is 0 Å². The van der Waals surface area contributed by atoms with Gasteiger partial charge in [0.15, 0.2) is 0 Å². The monoisotopic (exact) mass is 308 g/mol. The van der Waals surface area contributed by atoms with Gasteiger partial charge in [-0.1, -0.05) is 32.0 Å². The summed E-state index contributed by atoms with van der Waals surface area (Å²) < 4.78 is 2.13. The predicted molar refractivity (Wildman–Crippen MR) is 78.3 cm³/mol. The van der Waals surface area contributed by atoms with Crippen LogP contribution in [0.25, 0.3) is 10.9 Å². The lowest BCUT2D eigenvalue weighted by atomic mass is 9.84. The maximum atomic E-state index is 11.0. The third kappa shape index (κ3) is 2.43. The number of aryl methyl sites for hydroxylation is 1. The van der Waals surface area contributed by atoms with Gasteiger partial charge in [0.2, 0.25) is 0 Å². The molecule has 0 saturated carbocycles. The Morgan fingerprint density at radius 3 is 2.72 bits per heavy atom. The first-order valence-electron chi connectivity index (χ1n) is 5.90. The van der Waals surface area contributed by atoms with Crippen LogP contribution in [0.5, 0.6) is 0 Å². The highest BCUT2D eigenvalue weighted by Crippen LogP contribution is 2.31. The number of rotatable bonds is 3. The maximum Gasteiger partial charge on any atom is 0.287 e. The number of para-hydroxylation sites is 1. The zero-order valence-corrected chi connectivity index (χ0v) is 12.4. The van der Waals surface area contributed by atoms with E-state index in [1.807, 2.05) is 19.2 Å². The van der Waals surface area contributed by atoms with Crippen molar-refractivity contribution in [3.63, 3.8) is 0 Å². The number of fused-ring (bicyclic) bond motifs is 1. The Bertz CT molecular complexity index is 586. The molecule has 1 N–H and O–H groups in total. The van der Waals surface area contributed by atoms with E-state index < -0.39 is 0 Å². The fraction of sp³-hybridized carbons (Fsp3) is 0.357. The summed E-state index contributed by atoms with van der Waals surface area (Å²) >= 11 is 2.90. The van der Waals surface area contributed by atoms with Crippen LogP contribution in [-0.4, -0.2) is 15.9 Å². The van der Waals surface area contributed by atoms with Gasteiger partial charge in [-0.05, 0) is 11.6 Å². The van der Waals surface area contributed by atoms with Crippen LogP contribution in [0.3, 0.4) is 0 Å². The Kier molecular flexibility index (Phi) is 3.48. The molecular weight excluding hydrogens is 292 g/mol. The van der Waals surface area contributed by atoms with Crippen molar-refractivity contribution in [3.8, 4) is 0 Å². The van der Waals surface area contributed by atoms with E-state index in [4.69, 9.17) is 0 Å². The number of hydrogen-bond donors (Lipinski definition) is 1. The van der Waals surface area contributed by atoms with Crippen molar-refractivity contribution >= 4 is 31.6 Å². The molecule has 96 valence electrons. The van der Waals surface area contributed by atoms with Crippen LogP contribution in [0.1, 0.15) is 19.4 Å². The average Bonchev–Trinajstić information content (AvgIpc) is 2.66. The Hall–Kier alpha value is -1.29. The SMILES string of the molecule is Cn1cc(C(C)(C)CNC(=O)Br)c2ccccc21. The van der Waals surface area contributed by atoms with Gasteiger partial charge in [0.05, 0.1) is 0 Å². The summed E-state index contributed by atoms with van der Waals surface area (Å²) in [4.78, 5) is 10.8. The standard InChI is InChI=1S/C14H17BrN2O/c1-14(2,9-16-13(15)18)11-8-17(3)12-7-5-4-6-10(11)12/h4-8H,9H2,1-3H3,(H,16,18). The van der Waals surface area contributed by atoms with Crippen molar-refractivity contribution in [3.05, 3.63) is 36.0 Å². The normalized spacial score (nSPS) is 11.8. The summed E-state index contributed by atoms with van der Waals surface area (Å²) in [6, 6.07) is 8.32. The Balaban J connectivity index is 2.43.